The monoisotopic (exact) mass is 376 g/mol. The molecule has 0 aromatic heterocycles. The van der Waals surface area contributed by atoms with Crippen LogP contribution in [0, 0.1) is 5.92 Å². The minimum atomic E-state index is -0.962. The van der Waals surface area contributed by atoms with Crippen LogP contribution < -0.4 is 4.74 Å². The summed E-state index contributed by atoms with van der Waals surface area (Å²) in [4.78, 5) is 21.6. The van der Waals surface area contributed by atoms with E-state index < -0.39 is 11.9 Å². The summed E-state index contributed by atoms with van der Waals surface area (Å²) in [6.07, 6.45) is 11.3. The molecule has 0 unspecified atom stereocenters. The fourth-order valence-electron chi connectivity index (χ4n) is 2.95. The van der Waals surface area contributed by atoms with Gasteiger partial charge in [-0.1, -0.05) is 50.5 Å². The minimum absolute atomic E-state index is 0.120. The number of unbranched alkanes of at least 4 members (excludes halogenated alkanes) is 4. The molecule has 150 valence electrons. The van der Waals surface area contributed by atoms with E-state index >= 15 is 0 Å². The zero-order valence-electron chi connectivity index (χ0n) is 16.2. The topological polar surface area (TPSA) is 83.8 Å². The van der Waals surface area contributed by atoms with Crippen molar-refractivity contribution in [2.75, 3.05) is 6.61 Å². The largest absolute Gasteiger partial charge is 0.494 e. The second kappa shape index (κ2) is 13.8. The lowest BCUT2D eigenvalue weighted by Crippen LogP contribution is -2.13. The molecule has 5 heteroatoms. The molecule has 1 rings (SSSR count). The molecule has 2 N–H and O–H groups in total. The van der Waals surface area contributed by atoms with E-state index in [9.17, 15) is 9.59 Å². The van der Waals surface area contributed by atoms with Gasteiger partial charge in [-0.15, -0.1) is 0 Å². The van der Waals surface area contributed by atoms with Crippen LogP contribution in [0.1, 0.15) is 70.3 Å². The second-order valence-corrected chi connectivity index (χ2v) is 6.88. The fraction of sp³-hybridized carbons (Fsp3) is 0.545. The smallest absolute Gasteiger partial charge is 0.303 e. The van der Waals surface area contributed by atoms with E-state index in [1.807, 2.05) is 24.3 Å². The van der Waals surface area contributed by atoms with Crippen LogP contribution in [0.15, 0.2) is 30.3 Å². The fourth-order valence-corrected chi connectivity index (χ4v) is 2.95. The van der Waals surface area contributed by atoms with Gasteiger partial charge in [-0.25, -0.2) is 0 Å². The van der Waals surface area contributed by atoms with E-state index in [-0.39, 0.29) is 18.8 Å². The molecule has 0 saturated heterocycles. The molecule has 0 aliphatic rings. The quantitative estimate of drug-likeness (QED) is 0.401. The maximum absolute atomic E-state index is 10.8. The van der Waals surface area contributed by atoms with Crippen LogP contribution in [0.5, 0.6) is 5.75 Å². The molecule has 0 spiro atoms. The molecule has 0 aliphatic carbocycles. The lowest BCUT2D eigenvalue weighted by atomic mass is 9.96. The number of hydrogen-bond donors (Lipinski definition) is 2. The summed E-state index contributed by atoms with van der Waals surface area (Å²) < 4.78 is 5.74. The average Bonchev–Trinajstić information content (AvgIpc) is 2.61. The highest BCUT2D eigenvalue weighted by atomic mass is 16.5. The van der Waals surface area contributed by atoms with Gasteiger partial charge in [0.25, 0.3) is 0 Å². The standard InChI is InChI=1S/C22H32O5/c1-2-3-4-5-6-7-10-18-11-8-13-20(15-18)27-14-9-12-19(16-21(23)24)17-22(25)26/h7-8,10-11,13,15,19H,2-6,9,12,14,16-17H2,1H3,(H,23,24)(H,25,26)/b10-7-. The SMILES string of the molecule is CCCCCC/C=C\c1cccc(OCCCC(CC(=O)O)CC(=O)O)c1. The number of carbonyl (C=O) groups is 2. The van der Waals surface area contributed by atoms with Crippen LogP contribution in [0.2, 0.25) is 0 Å². The Balaban J connectivity index is 2.36. The van der Waals surface area contributed by atoms with Crippen LogP contribution in [0.3, 0.4) is 0 Å². The number of hydrogen-bond acceptors (Lipinski definition) is 3. The number of aliphatic carboxylic acids is 2. The summed E-state index contributed by atoms with van der Waals surface area (Å²) in [5, 5.41) is 17.7. The van der Waals surface area contributed by atoms with Crippen LogP contribution in [0.25, 0.3) is 6.08 Å². The van der Waals surface area contributed by atoms with Crippen LogP contribution in [-0.4, -0.2) is 28.8 Å². The first-order valence-electron chi connectivity index (χ1n) is 9.84. The molecule has 0 fully saturated rings. The molecular weight excluding hydrogens is 344 g/mol. The Hall–Kier alpha value is -2.30. The van der Waals surface area contributed by atoms with Crippen molar-refractivity contribution in [3.8, 4) is 5.75 Å². The van der Waals surface area contributed by atoms with E-state index in [0.717, 1.165) is 17.7 Å². The van der Waals surface area contributed by atoms with Crippen molar-refractivity contribution in [1.29, 1.82) is 0 Å². The Morgan fingerprint density at radius 2 is 1.81 bits per heavy atom. The highest BCUT2D eigenvalue weighted by molar-refractivity contribution is 5.70. The van der Waals surface area contributed by atoms with Crippen molar-refractivity contribution >= 4 is 18.0 Å². The van der Waals surface area contributed by atoms with Gasteiger partial charge in [0.2, 0.25) is 0 Å². The zero-order valence-corrected chi connectivity index (χ0v) is 16.2. The molecule has 0 heterocycles. The Labute approximate surface area is 162 Å². The molecule has 0 radical (unpaired) electrons. The molecule has 27 heavy (non-hydrogen) atoms. The number of ether oxygens (including phenoxy) is 1. The van der Waals surface area contributed by atoms with Crippen molar-refractivity contribution in [3.63, 3.8) is 0 Å². The van der Waals surface area contributed by atoms with Crippen LogP contribution in [0.4, 0.5) is 0 Å². The normalized spacial score (nSPS) is 11.2. The second-order valence-electron chi connectivity index (χ2n) is 6.88. The molecule has 0 amide bonds. The van der Waals surface area contributed by atoms with Crippen LogP contribution >= 0.6 is 0 Å². The highest BCUT2D eigenvalue weighted by Gasteiger charge is 2.16. The molecule has 1 aromatic rings. The molecule has 5 nitrogen and oxygen atoms in total. The first-order chi connectivity index (χ1) is 13.0. The summed E-state index contributed by atoms with van der Waals surface area (Å²) in [5.41, 5.74) is 1.10. The molecule has 0 atom stereocenters. The third kappa shape index (κ3) is 11.8. The van der Waals surface area contributed by atoms with Gasteiger partial charge in [-0.05, 0) is 49.3 Å². The predicted molar refractivity (Wildman–Crippen MR) is 107 cm³/mol. The highest BCUT2D eigenvalue weighted by Crippen LogP contribution is 2.18. The number of carboxylic acid groups (broad SMARTS) is 2. The van der Waals surface area contributed by atoms with Crippen LogP contribution in [-0.2, 0) is 9.59 Å². The number of rotatable bonds is 15. The predicted octanol–water partition coefficient (Wildman–Crippen LogP) is 5.39. The summed E-state index contributed by atoms with van der Waals surface area (Å²) in [5.74, 6) is -1.51. The molecule has 0 aliphatic heterocycles. The molecule has 1 aromatic carbocycles. The van der Waals surface area contributed by atoms with Gasteiger partial charge >= 0.3 is 11.9 Å². The Morgan fingerprint density at radius 3 is 2.48 bits per heavy atom. The first kappa shape index (κ1) is 22.7. The minimum Gasteiger partial charge on any atom is -0.494 e. The third-order valence-electron chi connectivity index (χ3n) is 4.34. The number of carboxylic acids is 2. The lowest BCUT2D eigenvalue weighted by molar-refractivity contribution is -0.140. The van der Waals surface area contributed by atoms with Crippen molar-refractivity contribution in [2.24, 2.45) is 5.92 Å². The van der Waals surface area contributed by atoms with Gasteiger partial charge in [0.15, 0.2) is 0 Å². The van der Waals surface area contributed by atoms with E-state index in [1.54, 1.807) is 0 Å². The van der Waals surface area contributed by atoms with Gasteiger partial charge in [0.1, 0.15) is 5.75 Å². The van der Waals surface area contributed by atoms with E-state index in [1.165, 1.54) is 25.7 Å². The summed E-state index contributed by atoms with van der Waals surface area (Å²) in [6.45, 7) is 2.65. The molecule has 0 bridgehead atoms. The first-order valence-corrected chi connectivity index (χ1v) is 9.84. The van der Waals surface area contributed by atoms with Gasteiger partial charge < -0.3 is 14.9 Å². The Morgan fingerprint density at radius 1 is 1.07 bits per heavy atom. The van der Waals surface area contributed by atoms with Gasteiger partial charge in [-0.3, -0.25) is 9.59 Å². The maximum Gasteiger partial charge on any atom is 0.303 e. The molecule has 0 saturated carbocycles. The summed E-state index contributed by atoms with van der Waals surface area (Å²) in [6, 6.07) is 7.86. The van der Waals surface area contributed by atoms with E-state index in [0.29, 0.717) is 19.4 Å². The number of allylic oxidation sites excluding steroid dienone is 1. The summed E-state index contributed by atoms with van der Waals surface area (Å²) >= 11 is 0. The number of benzene rings is 1. The molecular formula is C22H32O5. The van der Waals surface area contributed by atoms with Crippen molar-refractivity contribution in [2.45, 2.75) is 64.7 Å². The summed E-state index contributed by atoms with van der Waals surface area (Å²) in [7, 11) is 0. The van der Waals surface area contributed by atoms with Crippen molar-refractivity contribution in [3.05, 3.63) is 35.9 Å². The van der Waals surface area contributed by atoms with Gasteiger partial charge in [0.05, 0.1) is 6.61 Å². The maximum atomic E-state index is 10.8. The third-order valence-corrected chi connectivity index (χ3v) is 4.34. The average molecular weight is 376 g/mol. The Bertz CT molecular complexity index is 578. The van der Waals surface area contributed by atoms with Crippen molar-refractivity contribution in [1.82, 2.24) is 0 Å². The van der Waals surface area contributed by atoms with Gasteiger partial charge in [-0.2, -0.15) is 0 Å². The van der Waals surface area contributed by atoms with E-state index in [4.69, 9.17) is 14.9 Å². The lowest BCUT2D eigenvalue weighted by Gasteiger charge is -2.13. The van der Waals surface area contributed by atoms with Crippen molar-refractivity contribution < 1.29 is 24.5 Å². The Kier molecular flexibility index (Phi) is 11.7. The van der Waals surface area contributed by atoms with Gasteiger partial charge in [0, 0.05) is 12.8 Å². The zero-order chi connectivity index (χ0) is 19.9. The van der Waals surface area contributed by atoms with E-state index in [2.05, 4.69) is 19.1 Å².